The number of carbonyl (C=O) groups is 1. The maximum absolute atomic E-state index is 14.2. The zero-order valence-electron chi connectivity index (χ0n) is 12.6. The van der Waals surface area contributed by atoms with Gasteiger partial charge in [-0.3, -0.25) is 4.79 Å². The minimum Gasteiger partial charge on any atom is -0.489 e. The predicted octanol–water partition coefficient (Wildman–Crippen LogP) is 1.90. The van der Waals surface area contributed by atoms with E-state index in [1.165, 1.54) is 12.3 Å². The van der Waals surface area contributed by atoms with E-state index in [1.807, 2.05) is 0 Å². The van der Waals surface area contributed by atoms with Crippen molar-refractivity contribution in [3.8, 4) is 5.75 Å². The molecule has 6 nitrogen and oxygen atoms in total. The van der Waals surface area contributed by atoms with Gasteiger partial charge in [-0.1, -0.05) is 0 Å². The summed E-state index contributed by atoms with van der Waals surface area (Å²) >= 11 is 0. The number of ether oxygens (including phenoxy) is 1. The molecule has 0 bridgehead atoms. The van der Waals surface area contributed by atoms with E-state index in [2.05, 4.69) is 0 Å². The molecule has 1 aromatic carbocycles. The largest absolute Gasteiger partial charge is 0.489 e. The number of nitrogens with two attached hydrogens (primary N) is 1. The first-order valence-corrected chi connectivity index (χ1v) is 7.38. The summed E-state index contributed by atoms with van der Waals surface area (Å²) in [7, 11) is 0. The Balaban J connectivity index is 2.21. The van der Waals surface area contributed by atoms with Gasteiger partial charge in [0, 0.05) is 29.7 Å². The van der Waals surface area contributed by atoms with Gasteiger partial charge in [0.25, 0.3) is 0 Å². The summed E-state index contributed by atoms with van der Waals surface area (Å²) in [4.78, 5) is 23.5. The molecule has 0 radical (unpaired) electrons. The van der Waals surface area contributed by atoms with Crippen molar-refractivity contribution in [2.75, 3.05) is 6.61 Å². The van der Waals surface area contributed by atoms with Crippen LogP contribution in [-0.4, -0.2) is 28.3 Å². The van der Waals surface area contributed by atoms with Crippen molar-refractivity contribution in [3.05, 3.63) is 39.9 Å². The third-order valence-electron chi connectivity index (χ3n) is 3.76. The number of pyridine rings is 1. The highest BCUT2D eigenvalue weighted by molar-refractivity contribution is 5.93. The summed E-state index contributed by atoms with van der Waals surface area (Å²) in [5.41, 5.74) is 5.03. The Morgan fingerprint density at radius 3 is 2.78 bits per heavy atom. The van der Waals surface area contributed by atoms with Crippen molar-refractivity contribution < 1.29 is 19.0 Å². The molecule has 1 aliphatic rings. The lowest BCUT2D eigenvalue weighted by molar-refractivity contribution is 0.0695. The molecule has 1 saturated carbocycles. The molecule has 1 heterocycles. The zero-order valence-corrected chi connectivity index (χ0v) is 12.6. The molecular weight excluding hydrogens is 303 g/mol. The van der Waals surface area contributed by atoms with Crippen LogP contribution in [0.15, 0.2) is 23.1 Å². The molecule has 2 aromatic rings. The first-order chi connectivity index (χ1) is 10.9. The van der Waals surface area contributed by atoms with E-state index in [-0.39, 0.29) is 35.4 Å². The van der Waals surface area contributed by atoms with E-state index < -0.39 is 17.2 Å². The average Bonchev–Trinajstić information content (AvgIpc) is 3.30. The molecule has 3 N–H and O–H groups in total. The standard InChI is InChI=1S/C16H17FN2O4/c1-8(18)7-23-14-5-13-10(4-12(14)17)15(20)11(16(21)22)6-19(13)9-2-3-9/h4-6,8-9H,2-3,7,18H2,1H3,(H,21,22)/t8-/m0/s1. The number of hydrogen-bond donors (Lipinski definition) is 2. The van der Waals surface area contributed by atoms with Gasteiger partial charge >= 0.3 is 5.97 Å². The van der Waals surface area contributed by atoms with Crippen molar-refractivity contribution in [3.63, 3.8) is 0 Å². The van der Waals surface area contributed by atoms with E-state index in [0.717, 1.165) is 18.9 Å². The van der Waals surface area contributed by atoms with Crippen LogP contribution >= 0.6 is 0 Å². The number of carboxylic acid groups (broad SMARTS) is 1. The van der Waals surface area contributed by atoms with Crippen LogP contribution in [0.25, 0.3) is 10.9 Å². The third-order valence-corrected chi connectivity index (χ3v) is 3.76. The summed E-state index contributed by atoms with van der Waals surface area (Å²) in [6.45, 7) is 1.88. The van der Waals surface area contributed by atoms with Gasteiger partial charge in [0.1, 0.15) is 12.2 Å². The molecule has 0 unspecified atom stereocenters. The molecule has 23 heavy (non-hydrogen) atoms. The Morgan fingerprint density at radius 1 is 1.52 bits per heavy atom. The molecule has 1 fully saturated rings. The van der Waals surface area contributed by atoms with Gasteiger partial charge in [0.05, 0.1) is 5.52 Å². The Hall–Kier alpha value is -2.41. The fourth-order valence-electron chi connectivity index (χ4n) is 2.49. The summed E-state index contributed by atoms with van der Waals surface area (Å²) < 4.78 is 21.2. The lowest BCUT2D eigenvalue weighted by Crippen LogP contribution is -2.24. The number of hydrogen-bond acceptors (Lipinski definition) is 4. The normalized spacial score (nSPS) is 15.6. The van der Waals surface area contributed by atoms with E-state index in [0.29, 0.717) is 5.52 Å². The number of rotatable bonds is 5. The minimum atomic E-state index is -1.32. The number of aromatic nitrogens is 1. The summed E-state index contributed by atoms with van der Waals surface area (Å²) in [6.07, 6.45) is 3.12. The summed E-state index contributed by atoms with van der Waals surface area (Å²) in [6, 6.07) is 2.35. The van der Waals surface area contributed by atoms with E-state index >= 15 is 0 Å². The van der Waals surface area contributed by atoms with E-state index in [1.54, 1.807) is 11.5 Å². The van der Waals surface area contributed by atoms with Crippen LogP contribution in [0.1, 0.15) is 36.2 Å². The molecule has 0 aliphatic heterocycles. The second kappa shape index (κ2) is 5.66. The smallest absolute Gasteiger partial charge is 0.341 e. The second-order valence-corrected chi connectivity index (χ2v) is 5.90. The van der Waals surface area contributed by atoms with E-state index in [9.17, 15) is 19.1 Å². The molecule has 1 aliphatic carbocycles. The molecule has 122 valence electrons. The first-order valence-electron chi connectivity index (χ1n) is 7.38. The van der Waals surface area contributed by atoms with Gasteiger partial charge in [0.15, 0.2) is 11.6 Å². The van der Waals surface area contributed by atoms with Crippen molar-refractivity contribution in [2.24, 2.45) is 5.73 Å². The first kappa shape index (κ1) is 15.5. The monoisotopic (exact) mass is 320 g/mol. The van der Waals surface area contributed by atoms with Crippen molar-refractivity contribution in [1.29, 1.82) is 0 Å². The highest BCUT2D eigenvalue weighted by Gasteiger charge is 2.27. The Labute approximate surface area is 131 Å². The van der Waals surface area contributed by atoms with Crippen LogP contribution in [0.4, 0.5) is 4.39 Å². The SMILES string of the molecule is C[C@H](N)COc1cc2c(cc1F)c(=O)c(C(=O)O)cn2C1CC1. The Kier molecular flexibility index (Phi) is 3.81. The van der Waals surface area contributed by atoms with Crippen LogP contribution in [0.5, 0.6) is 5.75 Å². The number of fused-ring (bicyclic) bond motifs is 1. The third kappa shape index (κ3) is 2.92. The van der Waals surface area contributed by atoms with Crippen LogP contribution in [0, 0.1) is 5.82 Å². The Bertz CT molecular complexity index is 840. The van der Waals surface area contributed by atoms with Gasteiger partial charge in [-0.25, -0.2) is 9.18 Å². The minimum absolute atomic E-state index is 0.00618. The van der Waals surface area contributed by atoms with Gasteiger partial charge in [0.2, 0.25) is 5.43 Å². The van der Waals surface area contributed by atoms with Crippen LogP contribution in [0.3, 0.4) is 0 Å². The fourth-order valence-corrected chi connectivity index (χ4v) is 2.49. The van der Waals surface area contributed by atoms with E-state index in [4.69, 9.17) is 10.5 Å². The molecular formula is C16H17FN2O4. The molecule has 1 atom stereocenters. The molecule has 7 heteroatoms. The topological polar surface area (TPSA) is 94.6 Å². The molecule has 0 spiro atoms. The van der Waals surface area contributed by atoms with Gasteiger partial charge in [-0.15, -0.1) is 0 Å². The molecule has 1 aromatic heterocycles. The molecule has 0 amide bonds. The van der Waals surface area contributed by atoms with Gasteiger partial charge < -0.3 is 20.1 Å². The Morgan fingerprint density at radius 2 is 2.22 bits per heavy atom. The number of nitrogens with zero attached hydrogens (tertiary/aromatic N) is 1. The van der Waals surface area contributed by atoms with Crippen molar-refractivity contribution >= 4 is 16.9 Å². The summed E-state index contributed by atoms with van der Waals surface area (Å²) in [5, 5.41) is 9.22. The zero-order chi connectivity index (χ0) is 16.7. The predicted molar refractivity (Wildman–Crippen MR) is 82.5 cm³/mol. The molecule has 0 saturated heterocycles. The number of benzene rings is 1. The van der Waals surface area contributed by atoms with Crippen LogP contribution in [-0.2, 0) is 0 Å². The van der Waals surface area contributed by atoms with Crippen molar-refractivity contribution in [2.45, 2.75) is 31.8 Å². The molecule has 3 rings (SSSR count). The van der Waals surface area contributed by atoms with Gasteiger partial charge in [-0.2, -0.15) is 0 Å². The lowest BCUT2D eigenvalue weighted by Gasteiger charge is -2.14. The van der Waals surface area contributed by atoms with Crippen LogP contribution < -0.4 is 15.9 Å². The quantitative estimate of drug-likeness (QED) is 0.877. The maximum Gasteiger partial charge on any atom is 0.341 e. The number of halogens is 1. The second-order valence-electron chi connectivity index (χ2n) is 5.90. The highest BCUT2D eigenvalue weighted by atomic mass is 19.1. The maximum atomic E-state index is 14.2. The highest BCUT2D eigenvalue weighted by Crippen LogP contribution is 2.38. The summed E-state index contributed by atoms with van der Waals surface area (Å²) in [5.74, 6) is -2.02. The van der Waals surface area contributed by atoms with Gasteiger partial charge in [-0.05, 0) is 25.8 Å². The average molecular weight is 320 g/mol. The number of aromatic carboxylic acids is 1. The van der Waals surface area contributed by atoms with Crippen molar-refractivity contribution in [1.82, 2.24) is 4.57 Å². The van der Waals surface area contributed by atoms with Crippen LogP contribution in [0.2, 0.25) is 0 Å². The fraction of sp³-hybridized carbons (Fsp3) is 0.375. The lowest BCUT2D eigenvalue weighted by atomic mass is 10.1. The number of carboxylic acids is 1.